The van der Waals surface area contributed by atoms with Crippen LogP contribution in [0.4, 0.5) is 0 Å². The minimum Gasteiger partial charge on any atom is -0.356 e. The standard InChI is InChI=1S/C22H31N3O2/c23-15-16-5-8-18(9-6-16)21(26)24-11-3-1-2-4-12-25-22(27)20-14-17-7-10-19(20)13-17/h5-10,17,19-20H,1-4,11-15,23H2,(H,24,26)(H,25,27). The van der Waals surface area contributed by atoms with E-state index in [1.165, 1.54) is 6.42 Å². The Morgan fingerprint density at radius 1 is 0.926 bits per heavy atom. The molecule has 1 aromatic carbocycles. The van der Waals surface area contributed by atoms with Crippen LogP contribution in [0.25, 0.3) is 0 Å². The number of fused-ring (bicyclic) bond motifs is 2. The highest BCUT2D eigenvalue weighted by Gasteiger charge is 2.39. The molecule has 1 saturated carbocycles. The van der Waals surface area contributed by atoms with Crippen molar-refractivity contribution in [3.63, 3.8) is 0 Å². The quantitative estimate of drug-likeness (QED) is 0.438. The molecule has 0 spiro atoms. The summed E-state index contributed by atoms with van der Waals surface area (Å²) in [5, 5.41) is 6.05. The van der Waals surface area contributed by atoms with E-state index in [0.717, 1.165) is 44.2 Å². The minimum atomic E-state index is -0.0363. The first kappa shape index (κ1) is 19.6. The summed E-state index contributed by atoms with van der Waals surface area (Å²) in [6.45, 7) is 1.93. The summed E-state index contributed by atoms with van der Waals surface area (Å²) in [4.78, 5) is 24.3. The smallest absolute Gasteiger partial charge is 0.251 e. The lowest BCUT2D eigenvalue weighted by atomic mass is 9.93. The number of carbonyl (C=O) groups excluding carboxylic acids is 2. The van der Waals surface area contributed by atoms with E-state index in [-0.39, 0.29) is 17.7 Å². The predicted molar refractivity (Wildman–Crippen MR) is 107 cm³/mol. The van der Waals surface area contributed by atoms with Crippen LogP contribution in [0.15, 0.2) is 36.4 Å². The second-order valence-corrected chi connectivity index (χ2v) is 7.75. The van der Waals surface area contributed by atoms with Gasteiger partial charge in [0.2, 0.25) is 5.91 Å². The topological polar surface area (TPSA) is 84.2 Å². The molecule has 2 bridgehead atoms. The van der Waals surface area contributed by atoms with E-state index in [1.807, 2.05) is 24.3 Å². The molecule has 0 heterocycles. The van der Waals surface area contributed by atoms with E-state index >= 15 is 0 Å². The molecule has 0 radical (unpaired) electrons. The highest BCUT2D eigenvalue weighted by molar-refractivity contribution is 5.94. The van der Waals surface area contributed by atoms with Crippen molar-refractivity contribution < 1.29 is 9.59 Å². The number of unbranched alkanes of at least 4 members (excludes halogenated alkanes) is 3. The van der Waals surface area contributed by atoms with Gasteiger partial charge in [-0.1, -0.05) is 37.1 Å². The fourth-order valence-corrected chi connectivity index (χ4v) is 4.12. The van der Waals surface area contributed by atoms with E-state index in [2.05, 4.69) is 22.8 Å². The number of allylic oxidation sites excluding steroid dienone is 2. The van der Waals surface area contributed by atoms with Gasteiger partial charge in [-0.2, -0.15) is 0 Å². The van der Waals surface area contributed by atoms with Crippen LogP contribution in [0.5, 0.6) is 0 Å². The highest BCUT2D eigenvalue weighted by atomic mass is 16.2. The molecule has 1 fully saturated rings. The Morgan fingerprint density at radius 2 is 1.63 bits per heavy atom. The van der Waals surface area contributed by atoms with Gasteiger partial charge in [0.1, 0.15) is 0 Å². The van der Waals surface area contributed by atoms with Crippen molar-refractivity contribution in [3.05, 3.63) is 47.5 Å². The first-order valence-corrected chi connectivity index (χ1v) is 10.2. The zero-order valence-electron chi connectivity index (χ0n) is 16.0. The van der Waals surface area contributed by atoms with Gasteiger partial charge in [0, 0.05) is 31.1 Å². The predicted octanol–water partition coefficient (Wildman–Crippen LogP) is 2.76. The Morgan fingerprint density at radius 3 is 2.22 bits per heavy atom. The molecular weight excluding hydrogens is 338 g/mol. The van der Waals surface area contributed by atoms with Gasteiger partial charge in [-0.3, -0.25) is 9.59 Å². The van der Waals surface area contributed by atoms with Crippen LogP contribution >= 0.6 is 0 Å². The molecule has 3 rings (SSSR count). The molecule has 4 N–H and O–H groups in total. The third-order valence-corrected chi connectivity index (χ3v) is 5.76. The molecule has 0 saturated heterocycles. The zero-order chi connectivity index (χ0) is 19.1. The molecular formula is C22H31N3O2. The number of hydrogen-bond acceptors (Lipinski definition) is 3. The molecule has 5 nitrogen and oxygen atoms in total. The molecule has 1 aromatic rings. The van der Waals surface area contributed by atoms with Crippen molar-refractivity contribution in [2.24, 2.45) is 23.5 Å². The number of nitrogens with one attached hydrogen (secondary N) is 2. The third kappa shape index (κ3) is 5.42. The highest BCUT2D eigenvalue weighted by Crippen LogP contribution is 2.43. The lowest BCUT2D eigenvalue weighted by Crippen LogP contribution is -2.33. The number of benzene rings is 1. The van der Waals surface area contributed by atoms with Crippen molar-refractivity contribution in [3.8, 4) is 0 Å². The maximum atomic E-state index is 12.2. The van der Waals surface area contributed by atoms with Crippen molar-refractivity contribution in [2.45, 2.75) is 45.1 Å². The van der Waals surface area contributed by atoms with Gasteiger partial charge < -0.3 is 16.4 Å². The molecule has 5 heteroatoms. The fraction of sp³-hybridized carbons (Fsp3) is 0.545. The molecule has 3 atom stereocenters. The molecule has 2 amide bonds. The van der Waals surface area contributed by atoms with E-state index in [0.29, 0.717) is 30.5 Å². The van der Waals surface area contributed by atoms with Crippen LogP contribution in [0.1, 0.15) is 54.4 Å². The van der Waals surface area contributed by atoms with Crippen LogP contribution in [-0.2, 0) is 11.3 Å². The molecule has 0 aromatic heterocycles. The van der Waals surface area contributed by atoms with Crippen molar-refractivity contribution in [1.29, 1.82) is 0 Å². The number of amides is 2. The first-order valence-electron chi connectivity index (χ1n) is 10.2. The Balaban J connectivity index is 1.20. The number of nitrogens with two attached hydrogens (primary N) is 1. The fourth-order valence-electron chi connectivity index (χ4n) is 4.12. The zero-order valence-corrected chi connectivity index (χ0v) is 16.0. The maximum Gasteiger partial charge on any atom is 0.251 e. The van der Waals surface area contributed by atoms with Crippen LogP contribution in [-0.4, -0.2) is 24.9 Å². The monoisotopic (exact) mass is 369 g/mol. The van der Waals surface area contributed by atoms with Gasteiger partial charge in [0.15, 0.2) is 0 Å². The Bertz CT molecular complexity index is 669. The molecule has 146 valence electrons. The van der Waals surface area contributed by atoms with E-state index in [9.17, 15) is 9.59 Å². The summed E-state index contributed by atoms with van der Waals surface area (Å²) < 4.78 is 0. The van der Waals surface area contributed by atoms with E-state index in [1.54, 1.807) is 0 Å². The second kappa shape index (κ2) is 9.70. The number of carbonyl (C=O) groups is 2. The van der Waals surface area contributed by atoms with Crippen LogP contribution in [0, 0.1) is 17.8 Å². The van der Waals surface area contributed by atoms with Gasteiger partial charge in [-0.05, 0) is 55.2 Å². The van der Waals surface area contributed by atoms with E-state index < -0.39 is 0 Å². The lowest BCUT2D eigenvalue weighted by molar-refractivity contribution is -0.125. The van der Waals surface area contributed by atoms with Crippen LogP contribution in [0.3, 0.4) is 0 Å². The number of hydrogen-bond donors (Lipinski definition) is 3. The first-order chi connectivity index (χ1) is 13.2. The normalized spacial score (nSPS) is 22.8. The minimum absolute atomic E-state index is 0.0363. The Kier molecular flexibility index (Phi) is 7.04. The molecule has 0 aliphatic heterocycles. The van der Waals surface area contributed by atoms with Crippen molar-refractivity contribution in [2.75, 3.05) is 13.1 Å². The largest absolute Gasteiger partial charge is 0.356 e. The molecule has 2 aliphatic rings. The average molecular weight is 370 g/mol. The van der Waals surface area contributed by atoms with Crippen molar-refractivity contribution in [1.82, 2.24) is 10.6 Å². The molecule has 3 unspecified atom stereocenters. The average Bonchev–Trinajstić information content (AvgIpc) is 3.33. The third-order valence-electron chi connectivity index (χ3n) is 5.76. The number of rotatable bonds is 10. The summed E-state index contributed by atoms with van der Waals surface area (Å²) in [5.74, 6) is 1.52. The SMILES string of the molecule is NCc1ccc(C(=O)NCCCCCCNC(=O)C2CC3C=CC2C3)cc1. The summed E-state index contributed by atoms with van der Waals surface area (Å²) in [6, 6.07) is 7.39. The Hall–Kier alpha value is -2.14. The summed E-state index contributed by atoms with van der Waals surface area (Å²) in [6.07, 6.45) is 10.8. The van der Waals surface area contributed by atoms with Gasteiger partial charge in [-0.15, -0.1) is 0 Å². The van der Waals surface area contributed by atoms with Gasteiger partial charge in [0.25, 0.3) is 5.91 Å². The van der Waals surface area contributed by atoms with Crippen LogP contribution in [0.2, 0.25) is 0 Å². The molecule has 27 heavy (non-hydrogen) atoms. The summed E-state index contributed by atoms with van der Waals surface area (Å²) in [7, 11) is 0. The summed E-state index contributed by atoms with van der Waals surface area (Å²) >= 11 is 0. The van der Waals surface area contributed by atoms with Crippen LogP contribution < -0.4 is 16.4 Å². The van der Waals surface area contributed by atoms with Gasteiger partial charge >= 0.3 is 0 Å². The lowest BCUT2D eigenvalue weighted by Gasteiger charge is -2.17. The second-order valence-electron chi connectivity index (χ2n) is 7.75. The Labute approximate surface area is 161 Å². The maximum absolute atomic E-state index is 12.2. The van der Waals surface area contributed by atoms with E-state index in [4.69, 9.17) is 5.73 Å². The summed E-state index contributed by atoms with van der Waals surface area (Å²) in [5.41, 5.74) is 7.26. The van der Waals surface area contributed by atoms with Crippen molar-refractivity contribution >= 4 is 11.8 Å². The van der Waals surface area contributed by atoms with Gasteiger partial charge in [-0.25, -0.2) is 0 Å². The van der Waals surface area contributed by atoms with Gasteiger partial charge in [0.05, 0.1) is 0 Å². The molecule has 2 aliphatic carbocycles.